The molecule has 3 nitrogen and oxygen atoms in total. The molecule has 0 N–H and O–H groups in total. The van der Waals surface area contributed by atoms with E-state index in [1.165, 1.54) is 0 Å². The fraction of sp³-hybridized carbons (Fsp3) is 0.500. The monoisotopic (exact) mass is 262 g/mol. The normalized spacial score (nSPS) is 10.2. The molecule has 1 heterocycles. The molecular formula is C16H26N2O. The second-order valence-corrected chi connectivity index (χ2v) is 4.25. The molecule has 0 fully saturated rings. The van der Waals surface area contributed by atoms with E-state index in [1.807, 2.05) is 44.7 Å². The molecular weight excluding hydrogens is 236 g/mol. The molecule has 0 spiro atoms. The van der Waals surface area contributed by atoms with Gasteiger partial charge in [-0.1, -0.05) is 26.8 Å². The first-order valence-corrected chi connectivity index (χ1v) is 7.04. The molecule has 0 saturated heterocycles. The molecule has 0 aliphatic carbocycles. The van der Waals surface area contributed by atoms with E-state index in [1.54, 1.807) is 24.5 Å². The van der Waals surface area contributed by atoms with Crippen molar-refractivity contribution in [3.63, 3.8) is 0 Å². The molecule has 3 heteroatoms. The zero-order valence-electron chi connectivity index (χ0n) is 12.8. The van der Waals surface area contributed by atoms with Crippen molar-refractivity contribution in [2.45, 2.75) is 47.1 Å². The van der Waals surface area contributed by atoms with Crippen LogP contribution in [0, 0.1) is 0 Å². The van der Waals surface area contributed by atoms with E-state index < -0.39 is 0 Å². The highest BCUT2D eigenvalue weighted by Gasteiger charge is 2.12. The second kappa shape index (κ2) is 10.3. The molecule has 19 heavy (non-hydrogen) atoms. The lowest BCUT2D eigenvalue weighted by Gasteiger charge is -2.24. The van der Waals surface area contributed by atoms with Gasteiger partial charge in [-0.05, 0) is 38.0 Å². The van der Waals surface area contributed by atoms with Crippen molar-refractivity contribution in [1.82, 2.24) is 9.88 Å². The second-order valence-electron chi connectivity index (χ2n) is 4.25. The van der Waals surface area contributed by atoms with Crippen LogP contribution in [0.3, 0.4) is 0 Å². The third kappa shape index (κ3) is 6.75. The van der Waals surface area contributed by atoms with Gasteiger partial charge in [-0.15, -0.1) is 0 Å². The molecule has 0 bridgehead atoms. The van der Waals surface area contributed by atoms with Gasteiger partial charge in [-0.2, -0.15) is 0 Å². The maximum atomic E-state index is 12.0. The van der Waals surface area contributed by atoms with Crippen molar-refractivity contribution >= 4 is 12.0 Å². The number of hydrogen-bond donors (Lipinski definition) is 0. The van der Waals surface area contributed by atoms with Gasteiger partial charge in [0.05, 0.1) is 0 Å². The smallest absolute Gasteiger partial charge is 0.246 e. The molecule has 0 aliphatic rings. The van der Waals surface area contributed by atoms with Gasteiger partial charge in [0, 0.05) is 31.1 Å². The van der Waals surface area contributed by atoms with Crippen LogP contribution in [-0.4, -0.2) is 28.4 Å². The van der Waals surface area contributed by atoms with Crippen LogP contribution in [0.25, 0.3) is 6.08 Å². The average molecular weight is 262 g/mol. The van der Waals surface area contributed by atoms with Gasteiger partial charge in [0.25, 0.3) is 0 Å². The van der Waals surface area contributed by atoms with E-state index >= 15 is 0 Å². The Morgan fingerprint density at radius 3 is 2.58 bits per heavy atom. The lowest BCUT2D eigenvalue weighted by atomic mass is 10.2. The lowest BCUT2D eigenvalue weighted by Crippen LogP contribution is -2.36. The Labute approximate surface area is 117 Å². The predicted molar refractivity (Wildman–Crippen MR) is 81.8 cm³/mol. The van der Waals surface area contributed by atoms with Gasteiger partial charge in [-0.3, -0.25) is 9.78 Å². The van der Waals surface area contributed by atoms with Gasteiger partial charge in [0.2, 0.25) is 5.91 Å². The van der Waals surface area contributed by atoms with Crippen LogP contribution in [0.2, 0.25) is 0 Å². The molecule has 106 valence electrons. The van der Waals surface area contributed by atoms with E-state index in [4.69, 9.17) is 0 Å². The number of hydrogen-bond acceptors (Lipinski definition) is 2. The maximum absolute atomic E-state index is 12.0. The minimum absolute atomic E-state index is 0.0608. The van der Waals surface area contributed by atoms with Crippen LogP contribution in [-0.2, 0) is 4.79 Å². The summed E-state index contributed by atoms with van der Waals surface area (Å²) in [5.41, 5.74) is 0.945. The highest BCUT2D eigenvalue weighted by molar-refractivity contribution is 5.91. The highest BCUT2D eigenvalue weighted by Crippen LogP contribution is 2.04. The fourth-order valence-corrected chi connectivity index (χ4v) is 1.60. The van der Waals surface area contributed by atoms with Gasteiger partial charge in [0.15, 0.2) is 0 Å². The summed E-state index contributed by atoms with van der Waals surface area (Å²) in [4.78, 5) is 17.8. The van der Waals surface area contributed by atoms with Crippen molar-refractivity contribution < 1.29 is 4.79 Å². The van der Waals surface area contributed by atoms with Crippen molar-refractivity contribution in [2.24, 2.45) is 0 Å². The first kappa shape index (κ1) is 17.4. The largest absolute Gasteiger partial charge is 0.337 e. The average Bonchev–Trinajstić information content (AvgIpc) is 2.45. The Balaban J connectivity index is 0.00000154. The van der Waals surface area contributed by atoms with Crippen LogP contribution in [0.1, 0.15) is 46.6 Å². The number of carbonyl (C=O) groups excluding carboxylic acids is 1. The van der Waals surface area contributed by atoms with E-state index in [2.05, 4.69) is 11.9 Å². The first-order chi connectivity index (χ1) is 9.15. The van der Waals surface area contributed by atoms with E-state index in [-0.39, 0.29) is 11.9 Å². The number of aromatic nitrogens is 1. The predicted octanol–water partition coefficient (Wildman–Crippen LogP) is 3.77. The zero-order valence-corrected chi connectivity index (χ0v) is 12.8. The minimum atomic E-state index is 0.0608. The van der Waals surface area contributed by atoms with Crippen molar-refractivity contribution in [3.8, 4) is 0 Å². The lowest BCUT2D eigenvalue weighted by molar-refractivity contribution is -0.127. The SMILES string of the molecule is CC.CCCN(C(=O)/C=C/c1cccnc1)C(C)C. The summed E-state index contributed by atoms with van der Waals surface area (Å²) in [6.07, 6.45) is 7.86. The van der Waals surface area contributed by atoms with Crippen LogP contribution in [0.15, 0.2) is 30.6 Å². The summed E-state index contributed by atoms with van der Waals surface area (Å²) in [6.45, 7) is 10.9. The number of amides is 1. The van der Waals surface area contributed by atoms with Gasteiger partial charge in [-0.25, -0.2) is 0 Å². The van der Waals surface area contributed by atoms with E-state index in [0.29, 0.717) is 0 Å². The Kier molecular flexibility index (Phi) is 9.41. The number of pyridine rings is 1. The number of carbonyl (C=O) groups is 1. The highest BCUT2D eigenvalue weighted by atomic mass is 16.2. The standard InChI is InChI=1S/C14H20N2O.C2H6/c1-4-10-16(12(2)3)14(17)8-7-13-6-5-9-15-11-13;1-2/h5-9,11-12H,4,10H2,1-3H3;1-2H3/b8-7+;. The van der Waals surface area contributed by atoms with Gasteiger partial charge < -0.3 is 4.90 Å². The topological polar surface area (TPSA) is 33.2 Å². The number of rotatable bonds is 5. The van der Waals surface area contributed by atoms with Crippen molar-refractivity contribution in [3.05, 3.63) is 36.2 Å². The molecule has 1 amide bonds. The minimum Gasteiger partial charge on any atom is -0.337 e. The maximum Gasteiger partial charge on any atom is 0.246 e. The van der Waals surface area contributed by atoms with Crippen molar-refractivity contribution in [1.29, 1.82) is 0 Å². The van der Waals surface area contributed by atoms with E-state index in [0.717, 1.165) is 18.5 Å². The first-order valence-electron chi connectivity index (χ1n) is 7.04. The molecule has 0 saturated carbocycles. The van der Waals surface area contributed by atoms with Gasteiger partial charge in [0.1, 0.15) is 0 Å². The summed E-state index contributed by atoms with van der Waals surface area (Å²) in [7, 11) is 0. The third-order valence-corrected chi connectivity index (χ3v) is 2.47. The molecule has 1 aromatic rings. The molecule has 1 rings (SSSR count). The third-order valence-electron chi connectivity index (χ3n) is 2.47. The van der Waals surface area contributed by atoms with Crippen LogP contribution in [0.5, 0.6) is 0 Å². The molecule has 0 unspecified atom stereocenters. The van der Waals surface area contributed by atoms with Crippen LogP contribution < -0.4 is 0 Å². The fourth-order valence-electron chi connectivity index (χ4n) is 1.60. The van der Waals surface area contributed by atoms with Crippen LogP contribution >= 0.6 is 0 Å². The Hall–Kier alpha value is -1.64. The molecule has 1 aromatic heterocycles. The molecule has 0 aromatic carbocycles. The summed E-state index contributed by atoms with van der Waals surface area (Å²) in [5, 5.41) is 0. The van der Waals surface area contributed by atoms with Gasteiger partial charge >= 0.3 is 0 Å². The Morgan fingerprint density at radius 2 is 2.11 bits per heavy atom. The molecule has 0 radical (unpaired) electrons. The summed E-state index contributed by atoms with van der Waals surface area (Å²) < 4.78 is 0. The summed E-state index contributed by atoms with van der Waals surface area (Å²) in [6, 6.07) is 4.02. The number of nitrogens with zero attached hydrogens (tertiary/aromatic N) is 2. The summed E-state index contributed by atoms with van der Waals surface area (Å²) >= 11 is 0. The quantitative estimate of drug-likeness (QED) is 0.757. The van der Waals surface area contributed by atoms with E-state index in [9.17, 15) is 4.79 Å². The molecule has 0 atom stereocenters. The zero-order chi connectivity index (χ0) is 14.7. The van der Waals surface area contributed by atoms with Crippen molar-refractivity contribution in [2.75, 3.05) is 6.54 Å². The summed E-state index contributed by atoms with van der Waals surface area (Å²) in [5.74, 6) is 0.0608. The Bertz CT molecular complexity index is 372. The molecule has 0 aliphatic heterocycles. The Morgan fingerprint density at radius 1 is 1.42 bits per heavy atom. The van der Waals surface area contributed by atoms with Crippen LogP contribution in [0.4, 0.5) is 0 Å².